The molecular formula is C9H17N3O. The van der Waals surface area contributed by atoms with E-state index in [1.54, 1.807) is 13.4 Å². The van der Waals surface area contributed by atoms with E-state index in [2.05, 4.69) is 31.0 Å². The van der Waals surface area contributed by atoms with Crippen LogP contribution < -0.4 is 0 Å². The summed E-state index contributed by atoms with van der Waals surface area (Å²) in [5.41, 5.74) is 0.00558. The predicted molar refractivity (Wildman–Crippen MR) is 50.4 cm³/mol. The lowest BCUT2D eigenvalue weighted by Gasteiger charge is -2.23. The molecule has 1 rings (SSSR count). The Morgan fingerprint density at radius 3 is 2.54 bits per heavy atom. The van der Waals surface area contributed by atoms with Crippen molar-refractivity contribution >= 4 is 0 Å². The van der Waals surface area contributed by atoms with Crippen molar-refractivity contribution in [2.24, 2.45) is 0 Å². The van der Waals surface area contributed by atoms with Crippen LogP contribution in [0.3, 0.4) is 0 Å². The number of hydrogen-bond acceptors (Lipinski definition) is 3. The molecule has 0 aliphatic heterocycles. The molecule has 1 atom stereocenters. The first-order chi connectivity index (χ1) is 5.96. The number of methoxy groups -OCH3 is 1. The molecule has 0 amide bonds. The molecule has 0 N–H and O–H groups in total. The van der Waals surface area contributed by atoms with E-state index in [9.17, 15) is 0 Å². The molecule has 0 aromatic carbocycles. The van der Waals surface area contributed by atoms with Crippen LogP contribution in [0.1, 0.15) is 39.6 Å². The largest absolute Gasteiger partial charge is 0.374 e. The molecule has 0 aliphatic carbocycles. The normalized spacial score (nSPS) is 14.5. The van der Waals surface area contributed by atoms with Gasteiger partial charge in [-0.1, -0.05) is 0 Å². The van der Waals surface area contributed by atoms with Gasteiger partial charge < -0.3 is 9.30 Å². The second-order valence-corrected chi connectivity index (χ2v) is 4.11. The average molecular weight is 183 g/mol. The summed E-state index contributed by atoms with van der Waals surface area (Å²) in [4.78, 5) is 0. The predicted octanol–water partition coefficient (Wildman–Crippen LogP) is 1.74. The van der Waals surface area contributed by atoms with E-state index in [4.69, 9.17) is 4.74 Å². The van der Waals surface area contributed by atoms with E-state index in [0.29, 0.717) is 0 Å². The van der Waals surface area contributed by atoms with Crippen molar-refractivity contribution in [2.45, 2.75) is 39.3 Å². The Balaban J connectivity index is 3.03. The first-order valence-corrected chi connectivity index (χ1v) is 4.40. The zero-order valence-corrected chi connectivity index (χ0v) is 8.90. The molecule has 0 bridgehead atoms. The lowest BCUT2D eigenvalue weighted by Crippen LogP contribution is -2.24. The second kappa shape index (κ2) is 3.46. The number of ether oxygens (including phenoxy) is 1. The molecule has 13 heavy (non-hydrogen) atoms. The third kappa shape index (κ3) is 2.06. The number of nitrogens with zero attached hydrogens (tertiary/aromatic N) is 3. The summed E-state index contributed by atoms with van der Waals surface area (Å²) in [6.07, 6.45) is 1.73. The van der Waals surface area contributed by atoms with Crippen LogP contribution in [-0.2, 0) is 10.3 Å². The average Bonchev–Trinajstić information content (AvgIpc) is 2.49. The lowest BCUT2D eigenvalue weighted by molar-refractivity contribution is 0.104. The maximum Gasteiger partial charge on any atom is 0.162 e. The van der Waals surface area contributed by atoms with Crippen LogP contribution in [0.5, 0.6) is 0 Å². The number of rotatable bonds is 2. The van der Waals surface area contributed by atoms with Gasteiger partial charge in [0.2, 0.25) is 0 Å². The maximum atomic E-state index is 5.21. The van der Waals surface area contributed by atoms with Crippen molar-refractivity contribution in [1.82, 2.24) is 14.8 Å². The molecule has 0 aliphatic rings. The highest BCUT2D eigenvalue weighted by Gasteiger charge is 2.20. The molecule has 1 unspecified atom stereocenters. The van der Waals surface area contributed by atoms with Gasteiger partial charge >= 0.3 is 0 Å². The minimum atomic E-state index is -0.0123. The molecule has 1 aromatic heterocycles. The van der Waals surface area contributed by atoms with E-state index in [1.165, 1.54) is 0 Å². The van der Waals surface area contributed by atoms with Gasteiger partial charge in [-0.3, -0.25) is 0 Å². The summed E-state index contributed by atoms with van der Waals surface area (Å²) in [6.45, 7) is 8.30. The van der Waals surface area contributed by atoms with Gasteiger partial charge in [0, 0.05) is 12.6 Å². The third-order valence-electron chi connectivity index (χ3n) is 2.01. The maximum absolute atomic E-state index is 5.21. The van der Waals surface area contributed by atoms with Gasteiger partial charge in [-0.15, -0.1) is 10.2 Å². The zero-order chi connectivity index (χ0) is 10.1. The van der Waals surface area contributed by atoms with E-state index in [1.807, 2.05) is 11.5 Å². The lowest BCUT2D eigenvalue weighted by atomic mass is 10.1. The molecule has 4 heteroatoms. The zero-order valence-electron chi connectivity index (χ0n) is 8.90. The summed E-state index contributed by atoms with van der Waals surface area (Å²) in [5, 5.41) is 7.93. The topological polar surface area (TPSA) is 39.9 Å². The highest BCUT2D eigenvalue weighted by atomic mass is 16.5. The number of aromatic nitrogens is 3. The van der Waals surface area contributed by atoms with Crippen LogP contribution in [-0.4, -0.2) is 21.9 Å². The standard InChI is InChI=1S/C9H17N3O/c1-7(13-5)8-11-10-6-12(8)9(2,3)4/h6-7H,1-5H3. The Morgan fingerprint density at radius 2 is 2.08 bits per heavy atom. The summed E-state index contributed by atoms with van der Waals surface area (Å²) in [7, 11) is 1.67. The van der Waals surface area contributed by atoms with E-state index < -0.39 is 0 Å². The van der Waals surface area contributed by atoms with E-state index >= 15 is 0 Å². The highest BCUT2D eigenvalue weighted by molar-refractivity contribution is 4.95. The summed E-state index contributed by atoms with van der Waals surface area (Å²) in [6, 6.07) is 0. The van der Waals surface area contributed by atoms with Gasteiger partial charge in [0.15, 0.2) is 5.82 Å². The Kier molecular flexibility index (Phi) is 2.71. The van der Waals surface area contributed by atoms with Crippen molar-refractivity contribution in [1.29, 1.82) is 0 Å². The van der Waals surface area contributed by atoms with Crippen molar-refractivity contribution in [3.05, 3.63) is 12.2 Å². The van der Waals surface area contributed by atoms with Crippen molar-refractivity contribution in [3.63, 3.8) is 0 Å². The molecule has 0 fully saturated rings. The minimum absolute atomic E-state index is 0.00558. The van der Waals surface area contributed by atoms with Crippen molar-refractivity contribution in [2.75, 3.05) is 7.11 Å². The second-order valence-electron chi connectivity index (χ2n) is 4.11. The van der Waals surface area contributed by atoms with Crippen LogP contribution in [0, 0.1) is 0 Å². The van der Waals surface area contributed by atoms with Crippen LogP contribution >= 0.6 is 0 Å². The van der Waals surface area contributed by atoms with Gasteiger partial charge in [-0.25, -0.2) is 0 Å². The smallest absolute Gasteiger partial charge is 0.162 e. The fraction of sp³-hybridized carbons (Fsp3) is 0.778. The minimum Gasteiger partial charge on any atom is -0.374 e. The fourth-order valence-corrected chi connectivity index (χ4v) is 1.14. The van der Waals surface area contributed by atoms with Gasteiger partial charge in [0.25, 0.3) is 0 Å². The molecule has 0 radical (unpaired) electrons. The SMILES string of the molecule is COC(C)c1nncn1C(C)(C)C. The van der Waals surface area contributed by atoms with E-state index in [0.717, 1.165) is 5.82 Å². The molecule has 1 aromatic rings. The van der Waals surface area contributed by atoms with Crippen LogP contribution in [0.25, 0.3) is 0 Å². The summed E-state index contributed by atoms with van der Waals surface area (Å²) >= 11 is 0. The quantitative estimate of drug-likeness (QED) is 0.701. The Bertz CT molecular complexity index is 275. The highest BCUT2D eigenvalue weighted by Crippen LogP contribution is 2.20. The molecule has 0 spiro atoms. The molecule has 1 heterocycles. The van der Waals surface area contributed by atoms with Crippen LogP contribution in [0.2, 0.25) is 0 Å². The van der Waals surface area contributed by atoms with Gasteiger partial charge in [0.1, 0.15) is 12.4 Å². The first-order valence-electron chi connectivity index (χ1n) is 4.40. The Hall–Kier alpha value is -0.900. The molecular weight excluding hydrogens is 166 g/mol. The monoisotopic (exact) mass is 183 g/mol. The fourth-order valence-electron chi connectivity index (χ4n) is 1.14. The summed E-state index contributed by atoms with van der Waals surface area (Å²) < 4.78 is 7.24. The van der Waals surface area contributed by atoms with Gasteiger partial charge in [-0.2, -0.15) is 0 Å². The van der Waals surface area contributed by atoms with Gasteiger partial charge in [-0.05, 0) is 27.7 Å². The molecule has 0 saturated carbocycles. The molecule has 74 valence electrons. The van der Waals surface area contributed by atoms with Crippen molar-refractivity contribution in [3.8, 4) is 0 Å². The Labute approximate surface area is 78.9 Å². The molecule has 4 nitrogen and oxygen atoms in total. The first kappa shape index (κ1) is 10.2. The van der Waals surface area contributed by atoms with Crippen LogP contribution in [0.15, 0.2) is 6.33 Å². The van der Waals surface area contributed by atoms with Crippen molar-refractivity contribution < 1.29 is 4.74 Å². The van der Waals surface area contributed by atoms with Crippen LogP contribution in [0.4, 0.5) is 0 Å². The van der Waals surface area contributed by atoms with Gasteiger partial charge in [0.05, 0.1) is 0 Å². The molecule has 0 saturated heterocycles. The Morgan fingerprint density at radius 1 is 1.46 bits per heavy atom. The van der Waals surface area contributed by atoms with E-state index in [-0.39, 0.29) is 11.6 Å². The third-order valence-corrected chi connectivity index (χ3v) is 2.01. The number of hydrogen-bond donors (Lipinski definition) is 0. The summed E-state index contributed by atoms with van der Waals surface area (Å²) in [5.74, 6) is 0.870.